The standard InChI is InChI=1S/C57H104NO8P/c1-3-5-7-9-11-13-15-17-19-20-21-22-23-24-25-26-27-28-29-30-31-32-33-34-36-37-39-41-43-45-47-49-56(59)63-53-55(54-65-67(61,62)64-52-51-58)66-57(60)50-48-46-44-42-40-38-35-18-16-14-12-10-8-6-4-2/h6,8,12,14,18,35,40,42,46,48,55H,3-5,7,9-11,13,15-17,19-34,36-39,41,43-45,47,49-54,58H2,1-2H3,(H,61,62)/b8-6-,14-12-,35-18-,42-40-,48-46-. The highest BCUT2D eigenvalue weighted by Crippen LogP contribution is 2.43. The molecule has 67 heavy (non-hydrogen) atoms. The minimum atomic E-state index is -4.41. The molecule has 0 aromatic rings. The fourth-order valence-corrected chi connectivity index (χ4v) is 8.66. The van der Waals surface area contributed by atoms with Gasteiger partial charge in [0.25, 0.3) is 0 Å². The number of esters is 2. The molecule has 0 aromatic carbocycles. The van der Waals surface area contributed by atoms with Crippen LogP contribution in [-0.2, 0) is 32.7 Å². The van der Waals surface area contributed by atoms with Crippen LogP contribution in [0, 0.1) is 0 Å². The second-order valence-corrected chi connectivity index (χ2v) is 19.9. The van der Waals surface area contributed by atoms with E-state index in [4.69, 9.17) is 24.3 Å². The normalized spacial score (nSPS) is 13.6. The van der Waals surface area contributed by atoms with Gasteiger partial charge in [-0.25, -0.2) is 4.57 Å². The van der Waals surface area contributed by atoms with E-state index in [1.54, 1.807) is 6.08 Å². The van der Waals surface area contributed by atoms with Gasteiger partial charge >= 0.3 is 19.8 Å². The van der Waals surface area contributed by atoms with Gasteiger partial charge in [-0.05, 0) is 38.5 Å². The summed E-state index contributed by atoms with van der Waals surface area (Å²) >= 11 is 0. The lowest BCUT2D eigenvalue weighted by atomic mass is 10.0. The van der Waals surface area contributed by atoms with E-state index in [0.717, 1.165) is 44.9 Å². The highest BCUT2D eigenvalue weighted by Gasteiger charge is 2.25. The number of ether oxygens (including phenoxy) is 2. The maximum Gasteiger partial charge on any atom is 0.472 e. The van der Waals surface area contributed by atoms with E-state index < -0.39 is 32.5 Å². The first kappa shape index (κ1) is 64.7. The monoisotopic (exact) mass is 962 g/mol. The van der Waals surface area contributed by atoms with Gasteiger partial charge in [0.05, 0.1) is 19.6 Å². The molecule has 0 spiro atoms. The number of phosphoric ester groups is 1. The fourth-order valence-electron chi connectivity index (χ4n) is 7.89. The molecule has 2 unspecified atom stereocenters. The molecule has 0 heterocycles. The van der Waals surface area contributed by atoms with E-state index in [1.807, 2.05) is 12.2 Å². The highest BCUT2D eigenvalue weighted by atomic mass is 31.2. The lowest BCUT2D eigenvalue weighted by Gasteiger charge is -2.19. The van der Waals surface area contributed by atoms with E-state index in [9.17, 15) is 19.0 Å². The van der Waals surface area contributed by atoms with Crippen LogP contribution in [0.1, 0.15) is 258 Å². The van der Waals surface area contributed by atoms with Crippen molar-refractivity contribution in [2.75, 3.05) is 26.4 Å². The SMILES string of the molecule is CC/C=C\C/C=C\C/C=C\C/C=C\C/C=C\CC(=O)OC(COC(=O)CCCCCCCCCCCCCCCCCCCCCCCCCCCCCCCCC)COP(=O)(O)OCCN. The molecule has 0 radical (unpaired) electrons. The molecule has 9 nitrogen and oxygen atoms in total. The Balaban J connectivity index is 3.91. The zero-order chi connectivity index (χ0) is 48.8. The zero-order valence-electron chi connectivity index (χ0n) is 43.4. The summed E-state index contributed by atoms with van der Waals surface area (Å²) in [6.45, 7) is 3.54. The fraction of sp³-hybridized carbons (Fsp3) is 0.789. The Morgan fingerprint density at radius 1 is 0.463 bits per heavy atom. The maximum atomic E-state index is 12.6. The van der Waals surface area contributed by atoms with Crippen LogP contribution in [0.2, 0.25) is 0 Å². The topological polar surface area (TPSA) is 134 Å². The lowest BCUT2D eigenvalue weighted by Crippen LogP contribution is -2.29. The molecule has 0 aliphatic carbocycles. The molecule has 390 valence electrons. The second kappa shape index (κ2) is 53.1. The second-order valence-electron chi connectivity index (χ2n) is 18.4. The molecule has 2 atom stereocenters. The van der Waals surface area contributed by atoms with Crippen molar-refractivity contribution in [2.24, 2.45) is 5.73 Å². The van der Waals surface area contributed by atoms with Gasteiger partial charge < -0.3 is 20.1 Å². The van der Waals surface area contributed by atoms with Gasteiger partial charge in [-0.2, -0.15) is 0 Å². The molecule has 3 N–H and O–H groups in total. The summed E-state index contributed by atoms with van der Waals surface area (Å²) < 4.78 is 32.8. The molecule has 0 amide bonds. The summed E-state index contributed by atoms with van der Waals surface area (Å²) in [6.07, 6.45) is 66.2. The molecule has 10 heteroatoms. The molecule has 0 aliphatic rings. The van der Waals surface area contributed by atoms with E-state index >= 15 is 0 Å². The van der Waals surface area contributed by atoms with Gasteiger partial charge in [0.2, 0.25) is 0 Å². The maximum absolute atomic E-state index is 12.6. The van der Waals surface area contributed by atoms with Crippen molar-refractivity contribution >= 4 is 19.8 Å². The van der Waals surface area contributed by atoms with Crippen LogP contribution < -0.4 is 5.73 Å². The van der Waals surface area contributed by atoms with Crippen molar-refractivity contribution in [3.63, 3.8) is 0 Å². The average Bonchev–Trinajstić information content (AvgIpc) is 3.32. The average molecular weight is 962 g/mol. The van der Waals surface area contributed by atoms with Crippen LogP contribution in [0.25, 0.3) is 0 Å². The Morgan fingerprint density at radius 2 is 0.806 bits per heavy atom. The number of phosphoric acid groups is 1. The van der Waals surface area contributed by atoms with E-state index in [0.29, 0.717) is 6.42 Å². The van der Waals surface area contributed by atoms with Crippen LogP contribution in [0.5, 0.6) is 0 Å². The van der Waals surface area contributed by atoms with E-state index in [2.05, 4.69) is 56.4 Å². The number of carbonyl (C=O) groups is 2. The molecule has 0 saturated heterocycles. The lowest BCUT2D eigenvalue weighted by molar-refractivity contribution is -0.160. The summed E-state index contributed by atoms with van der Waals surface area (Å²) in [5, 5.41) is 0. The Hall–Kier alpha value is -2.29. The Kier molecular flexibility index (Phi) is 51.3. The molecule has 0 aliphatic heterocycles. The number of carbonyl (C=O) groups excluding carboxylic acids is 2. The van der Waals surface area contributed by atoms with Gasteiger partial charge in [-0.15, -0.1) is 0 Å². The third kappa shape index (κ3) is 52.9. The smallest absolute Gasteiger partial charge is 0.462 e. The van der Waals surface area contributed by atoms with Crippen LogP contribution >= 0.6 is 7.82 Å². The number of rotatable bonds is 52. The molecule has 0 bridgehead atoms. The van der Waals surface area contributed by atoms with Gasteiger partial charge in [0.15, 0.2) is 6.10 Å². The number of nitrogens with two attached hydrogens (primary N) is 1. The number of allylic oxidation sites excluding steroid dienone is 9. The number of unbranched alkanes of at least 4 members (excludes halogenated alkanes) is 30. The van der Waals surface area contributed by atoms with E-state index in [1.165, 1.54) is 180 Å². The minimum absolute atomic E-state index is 0.00187. The minimum Gasteiger partial charge on any atom is -0.462 e. The van der Waals surface area contributed by atoms with Gasteiger partial charge in [0.1, 0.15) is 6.61 Å². The third-order valence-corrected chi connectivity index (χ3v) is 12.9. The third-order valence-electron chi connectivity index (χ3n) is 12.0. The Morgan fingerprint density at radius 3 is 1.16 bits per heavy atom. The Bertz CT molecular complexity index is 1280. The first-order valence-corrected chi connectivity index (χ1v) is 29.3. The highest BCUT2D eigenvalue weighted by molar-refractivity contribution is 7.47. The van der Waals surface area contributed by atoms with Crippen LogP contribution in [0.4, 0.5) is 0 Å². The van der Waals surface area contributed by atoms with E-state index in [-0.39, 0.29) is 32.6 Å². The molecule has 0 fully saturated rings. The molecule has 0 rings (SSSR count). The molecule has 0 saturated carbocycles. The summed E-state index contributed by atoms with van der Waals surface area (Å²) in [7, 11) is -4.41. The Labute approximate surface area is 412 Å². The number of hydrogen-bond acceptors (Lipinski definition) is 8. The van der Waals surface area contributed by atoms with Crippen molar-refractivity contribution in [2.45, 2.75) is 264 Å². The van der Waals surface area contributed by atoms with Gasteiger partial charge in [0, 0.05) is 13.0 Å². The van der Waals surface area contributed by atoms with Crippen molar-refractivity contribution in [3.05, 3.63) is 60.8 Å². The molecular formula is C57H104NO8P. The number of hydrogen-bond donors (Lipinski definition) is 2. The predicted octanol–water partition coefficient (Wildman–Crippen LogP) is 17.2. The van der Waals surface area contributed by atoms with Crippen LogP contribution in [-0.4, -0.2) is 49.3 Å². The van der Waals surface area contributed by atoms with Crippen LogP contribution in [0.3, 0.4) is 0 Å². The van der Waals surface area contributed by atoms with Crippen molar-refractivity contribution < 1.29 is 37.6 Å². The summed E-state index contributed by atoms with van der Waals surface area (Å²) in [6, 6.07) is 0. The first-order valence-electron chi connectivity index (χ1n) is 27.8. The molecular weight excluding hydrogens is 858 g/mol. The van der Waals surface area contributed by atoms with Gasteiger partial charge in [-0.3, -0.25) is 18.6 Å². The first-order chi connectivity index (χ1) is 32.8. The zero-order valence-corrected chi connectivity index (χ0v) is 44.3. The largest absolute Gasteiger partial charge is 0.472 e. The van der Waals surface area contributed by atoms with Gasteiger partial charge in [-0.1, -0.05) is 267 Å². The quantitative estimate of drug-likeness (QED) is 0.0264. The van der Waals surface area contributed by atoms with Crippen molar-refractivity contribution in [1.82, 2.24) is 0 Å². The molecule has 0 aromatic heterocycles. The van der Waals surface area contributed by atoms with Crippen molar-refractivity contribution in [1.29, 1.82) is 0 Å². The summed E-state index contributed by atoms with van der Waals surface area (Å²) in [4.78, 5) is 35.0. The van der Waals surface area contributed by atoms with Crippen LogP contribution in [0.15, 0.2) is 60.8 Å². The predicted molar refractivity (Wildman–Crippen MR) is 284 cm³/mol. The van der Waals surface area contributed by atoms with Crippen molar-refractivity contribution in [3.8, 4) is 0 Å². The summed E-state index contributed by atoms with van der Waals surface area (Å²) in [5.41, 5.74) is 5.36. The summed E-state index contributed by atoms with van der Waals surface area (Å²) in [5.74, 6) is -0.969.